The zero-order valence-electron chi connectivity index (χ0n) is 48.8. The molecular weight excluding hydrogens is 1100 g/mol. The number of thioether (sulfide) groups is 1. The van der Waals surface area contributed by atoms with Crippen LogP contribution in [-0.2, 0) is 28.6 Å². The van der Waals surface area contributed by atoms with Crippen molar-refractivity contribution in [3.05, 3.63) is 179 Å². The molecule has 0 amide bonds. The van der Waals surface area contributed by atoms with Crippen molar-refractivity contribution in [2.45, 2.75) is 140 Å². The van der Waals surface area contributed by atoms with Crippen molar-refractivity contribution in [3.63, 3.8) is 0 Å². The van der Waals surface area contributed by atoms with E-state index in [9.17, 15) is 18.0 Å². The SMILES string of the molecule is CCCCN=[N+]=[N-].CCCCO.CCCCOS(=O)(=O)c1ccc(C)cc1.NCCCO.[N-]=[N+]=NCCCCC(=O)CCS.[N-]=[N+]=NCCCCC(=O)CCSC(c1ccccc1)(c1ccccc1)c1ccccc1.[N-]=[N+]=NCCCN. The van der Waals surface area contributed by atoms with Gasteiger partial charge in [0.05, 0.1) is 16.2 Å². The molecule has 21 nitrogen and oxygen atoms in total. The third kappa shape index (κ3) is 44.6. The highest BCUT2D eigenvalue weighted by Crippen LogP contribution is 2.48. The van der Waals surface area contributed by atoms with Gasteiger partial charge in [0, 0.05) is 90.5 Å². The lowest BCUT2D eigenvalue weighted by atomic mass is 9.84. The number of hydrogen-bond acceptors (Lipinski definition) is 15. The molecule has 0 radical (unpaired) electrons. The number of nitrogens with two attached hydrogens (primary N) is 2. The Hall–Kier alpha value is -6.09. The molecule has 4 rings (SSSR count). The van der Waals surface area contributed by atoms with Crippen LogP contribution in [0.1, 0.15) is 146 Å². The second-order valence-corrected chi connectivity index (χ2v) is 20.9. The van der Waals surface area contributed by atoms with Gasteiger partial charge in [-0.25, -0.2) is 0 Å². The lowest BCUT2D eigenvalue weighted by Gasteiger charge is -2.35. The number of hydrogen-bond donors (Lipinski definition) is 5. The fraction of sp³-hybridized carbons (Fsp3) is 0.552. The molecule has 6 N–H and O–H groups in total. The minimum absolute atomic E-state index is 0.219. The molecule has 4 aromatic carbocycles. The summed E-state index contributed by atoms with van der Waals surface area (Å²) in [6, 6.07) is 38.2. The molecule has 82 heavy (non-hydrogen) atoms. The van der Waals surface area contributed by atoms with Gasteiger partial charge in [0.25, 0.3) is 10.1 Å². The lowest BCUT2D eigenvalue weighted by Crippen LogP contribution is -2.26. The molecule has 0 saturated heterocycles. The van der Waals surface area contributed by atoms with Crippen molar-refractivity contribution >= 4 is 46.1 Å². The number of aliphatic hydroxyl groups excluding tert-OH is 2. The summed E-state index contributed by atoms with van der Waals surface area (Å²) in [5.74, 6) is 1.85. The van der Waals surface area contributed by atoms with E-state index < -0.39 is 10.1 Å². The number of unbranched alkanes of at least 4 members (excludes halogenated alkanes) is 5. The van der Waals surface area contributed by atoms with Crippen LogP contribution in [0.3, 0.4) is 0 Å². The Labute approximate surface area is 497 Å². The maximum atomic E-state index is 12.5. The van der Waals surface area contributed by atoms with Gasteiger partial charge < -0.3 is 21.7 Å². The average molecular weight is 1190 g/mol. The predicted molar refractivity (Wildman–Crippen MR) is 339 cm³/mol. The molecule has 0 atom stereocenters. The van der Waals surface area contributed by atoms with E-state index in [-0.39, 0.29) is 34.4 Å². The van der Waals surface area contributed by atoms with Crippen LogP contribution < -0.4 is 11.5 Å². The largest absolute Gasteiger partial charge is 0.396 e. The molecule has 0 unspecified atom stereocenters. The van der Waals surface area contributed by atoms with Gasteiger partial charge in [-0.15, -0.1) is 11.8 Å². The second kappa shape index (κ2) is 59.5. The van der Waals surface area contributed by atoms with E-state index in [0.29, 0.717) is 77.3 Å². The Morgan fingerprint density at radius 2 is 0.939 bits per heavy atom. The summed E-state index contributed by atoms with van der Waals surface area (Å²) >= 11 is 5.77. The van der Waals surface area contributed by atoms with Gasteiger partial charge in [-0.3, -0.25) is 13.8 Å². The van der Waals surface area contributed by atoms with Gasteiger partial charge in [0.15, 0.2) is 0 Å². The first kappa shape index (κ1) is 80.1. The average Bonchev–Trinajstić information content (AvgIpc) is 3.68. The molecular formula is C58H92N14O7S3. The molecule has 0 fully saturated rings. The summed E-state index contributed by atoms with van der Waals surface area (Å²) in [5.41, 5.74) is 46.5. The van der Waals surface area contributed by atoms with Crippen molar-refractivity contribution in [2.24, 2.45) is 31.9 Å². The van der Waals surface area contributed by atoms with E-state index in [2.05, 4.69) is 139 Å². The molecule has 454 valence electrons. The third-order valence-electron chi connectivity index (χ3n) is 10.8. The highest BCUT2D eigenvalue weighted by Gasteiger charge is 2.36. The van der Waals surface area contributed by atoms with Crippen LogP contribution in [0.4, 0.5) is 0 Å². The summed E-state index contributed by atoms with van der Waals surface area (Å²) in [4.78, 5) is 34.1. The minimum Gasteiger partial charge on any atom is -0.396 e. The van der Waals surface area contributed by atoms with Crippen molar-refractivity contribution < 1.29 is 32.4 Å². The normalized spacial score (nSPS) is 9.91. The molecule has 24 heteroatoms. The molecule has 0 aromatic heterocycles. The van der Waals surface area contributed by atoms with Crippen molar-refractivity contribution in [3.8, 4) is 0 Å². The van der Waals surface area contributed by atoms with E-state index in [1.54, 1.807) is 24.3 Å². The Morgan fingerprint density at radius 1 is 0.549 bits per heavy atom. The summed E-state index contributed by atoms with van der Waals surface area (Å²) < 4.78 is 27.7. The van der Waals surface area contributed by atoms with E-state index in [4.69, 9.17) is 48.0 Å². The summed E-state index contributed by atoms with van der Waals surface area (Å²) in [7, 11) is -3.55. The Balaban J connectivity index is -0.00000102. The molecule has 0 spiro atoms. The van der Waals surface area contributed by atoms with Crippen LogP contribution in [0.5, 0.6) is 0 Å². The lowest BCUT2D eigenvalue weighted by molar-refractivity contribution is -0.119. The van der Waals surface area contributed by atoms with Crippen LogP contribution in [0, 0.1) is 6.92 Å². The van der Waals surface area contributed by atoms with Crippen molar-refractivity contribution in [1.29, 1.82) is 0 Å². The number of carbonyl (C=O) groups excluding carboxylic acids is 2. The van der Waals surface area contributed by atoms with Crippen LogP contribution in [0.25, 0.3) is 41.8 Å². The van der Waals surface area contributed by atoms with Crippen LogP contribution in [0.2, 0.25) is 0 Å². The number of aliphatic hydroxyl groups is 2. The summed E-state index contributed by atoms with van der Waals surface area (Å²) in [5, 5.41) is 29.6. The molecule has 0 heterocycles. The Bertz CT molecular complexity index is 2330. The highest BCUT2D eigenvalue weighted by atomic mass is 32.2. The summed E-state index contributed by atoms with van der Waals surface area (Å²) in [6.45, 7) is 12.1. The summed E-state index contributed by atoms with van der Waals surface area (Å²) in [6.07, 6.45) is 12.6. The fourth-order valence-corrected chi connectivity index (χ4v) is 9.11. The number of benzene rings is 4. The molecule has 0 aliphatic carbocycles. The maximum Gasteiger partial charge on any atom is 0.296 e. The number of carbonyl (C=O) groups is 2. The minimum atomic E-state index is -3.55. The highest BCUT2D eigenvalue weighted by molar-refractivity contribution is 8.00. The predicted octanol–water partition coefficient (Wildman–Crippen LogP) is 14.9. The molecule has 0 saturated carbocycles. The Kier molecular flexibility index (Phi) is 58.2. The van der Waals surface area contributed by atoms with E-state index in [0.717, 1.165) is 88.4 Å². The monoisotopic (exact) mass is 1190 g/mol. The van der Waals surface area contributed by atoms with Gasteiger partial charge in [-0.1, -0.05) is 169 Å². The van der Waals surface area contributed by atoms with E-state index >= 15 is 0 Å². The molecule has 0 aliphatic heterocycles. The quantitative estimate of drug-likeness (QED) is 0.00559. The maximum absolute atomic E-state index is 12.5. The third-order valence-corrected chi connectivity index (χ3v) is 13.9. The first-order valence-electron chi connectivity index (χ1n) is 27.9. The van der Waals surface area contributed by atoms with Crippen LogP contribution >= 0.6 is 24.4 Å². The number of azide groups is 4. The fourth-order valence-electron chi connectivity index (χ4n) is 6.38. The first-order valence-corrected chi connectivity index (χ1v) is 30.9. The number of Topliss-reactive ketones (excluding diaryl/α,β-unsaturated/α-hetero) is 2. The molecule has 0 aliphatic rings. The standard InChI is InChI=1S/C26H27N3OS.C11H16O3S.C7H13N3OS.C4H9N3.C4H10O.C3H8N4.C3H9NO/c27-29-28-20-11-10-18-25(30)19-21-31-26(22-12-4-1-5-13-22,23-14-6-2-7-15-23)24-16-8-3-9-17-24;1-3-4-9-14-15(12,13)11-7-5-10(2)6-8-11;8-10-9-5-2-1-3-7(11)4-6-12;1-2-3-4-6-7-5;1-2-3-4-5;4-2-1-3-6-7-5;4-2-1-3-5/h1-9,12-17H,10-11,18-21H2;5-8H,3-4,9H2,1-2H3;12H,1-6H2;2-4H2,1H3;5H,2-4H2,1H3;1-4H2;5H,1-4H2. The van der Waals surface area contributed by atoms with E-state index in [1.165, 1.54) is 16.7 Å². The van der Waals surface area contributed by atoms with Crippen molar-refractivity contribution in [1.82, 2.24) is 0 Å². The van der Waals surface area contributed by atoms with Gasteiger partial charge in [0.2, 0.25) is 0 Å². The van der Waals surface area contributed by atoms with Gasteiger partial charge in [-0.2, -0.15) is 21.0 Å². The molecule has 4 aromatic rings. The number of aryl methyl sites for hydroxylation is 1. The number of nitrogens with zero attached hydrogens (tertiary/aromatic N) is 12. The van der Waals surface area contributed by atoms with Crippen LogP contribution in [0.15, 0.2) is 141 Å². The number of rotatable bonds is 34. The zero-order chi connectivity index (χ0) is 61.6. The van der Waals surface area contributed by atoms with E-state index in [1.807, 2.05) is 43.8 Å². The number of thiol groups is 1. The van der Waals surface area contributed by atoms with Gasteiger partial charge >= 0.3 is 0 Å². The Morgan fingerprint density at radius 3 is 1.28 bits per heavy atom. The molecule has 0 bridgehead atoms. The van der Waals surface area contributed by atoms with Crippen molar-refractivity contribution in [2.75, 3.05) is 70.6 Å². The smallest absolute Gasteiger partial charge is 0.296 e. The van der Waals surface area contributed by atoms with Gasteiger partial charge in [-0.05, 0) is 135 Å². The first-order chi connectivity index (χ1) is 39.8. The number of ketones is 2. The zero-order valence-corrected chi connectivity index (χ0v) is 51.3. The van der Waals surface area contributed by atoms with Gasteiger partial charge in [0.1, 0.15) is 11.6 Å². The van der Waals surface area contributed by atoms with Crippen LogP contribution in [-0.4, -0.2) is 101 Å². The topological polar surface area (TPSA) is 365 Å². The second-order valence-electron chi connectivity index (χ2n) is 17.5.